The Kier molecular flexibility index (Phi) is 8.23. The first kappa shape index (κ1) is 36.5. The molecular weight excluding hydrogens is 805 g/mol. The number of hydrogen-bond donors (Lipinski definition) is 0. The third-order valence-electron chi connectivity index (χ3n) is 12.5. The molecule has 3 aliphatic rings. The first-order chi connectivity index (χ1) is 31.7. The van der Waals surface area contributed by atoms with Gasteiger partial charge in [0.15, 0.2) is 29.0 Å². The number of rotatable bonds is 5. The molecule has 7 nitrogen and oxygen atoms in total. The first-order valence-corrected chi connectivity index (χ1v) is 22.0. The van der Waals surface area contributed by atoms with E-state index in [1.54, 1.807) is 11.8 Å². The van der Waals surface area contributed by atoms with Gasteiger partial charge in [-0.3, -0.25) is 9.97 Å². The van der Waals surface area contributed by atoms with Crippen LogP contribution in [0.4, 0.5) is 17.1 Å². The van der Waals surface area contributed by atoms with Crippen LogP contribution in [0.15, 0.2) is 216 Å². The fourth-order valence-corrected chi connectivity index (χ4v) is 10.9. The van der Waals surface area contributed by atoms with Gasteiger partial charge in [0.2, 0.25) is 0 Å². The van der Waals surface area contributed by atoms with E-state index in [0.717, 1.165) is 94.2 Å². The maximum absolute atomic E-state index is 7.03. The van der Waals surface area contributed by atoms with Crippen molar-refractivity contribution in [3.8, 4) is 68.2 Å². The topological polar surface area (TPSA) is 76.9 Å². The lowest BCUT2D eigenvalue weighted by molar-refractivity contribution is 0.461. The molecule has 3 aromatic heterocycles. The minimum absolute atomic E-state index is 0.597. The second-order valence-electron chi connectivity index (χ2n) is 16.0. The van der Waals surface area contributed by atoms with Gasteiger partial charge in [-0.15, -0.1) is 0 Å². The number of nitrogens with zero attached hydrogens (tertiary/aromatic N) is 6. The molecule has 0 N–H and O–H groups in total. The van der Waals surface area contributed by atoms with E-state index in [-0.39, 0.29) is 0 Å². The Morgan fingerprint density at radius 3 is 1.84 bits per heavy atom. The maximum atomic E-state index is 7.03. The van der Waals surface area contributed by atoms with Crippen LogP contribution in [0.3, 0.4) is 0 Å². The molecule has 1 spiro atoms. The third kappa shape index (κ3) is 5.52. The molecule has 8 heteroatoms. The zero-order chi connectivity index (χ0) is 42.2. The number of fused-ring (bicyclic) bond motifs is 12. The molecule has 64 heavy (non-hydrogen) atoms. The molecule has 2 aliphatic heterocycles. The summed E-state index contributed by atoms with van der Waals surface area (Å²) < 4.78 is 7.03. The molecule has 5 heterocycles. The monoisotopic (exact) mass is 838 g/mol. The average molecular weight is 839 g/mol. The number of benzene rings is 7. The van der Waals surface area contributed by atoms with Crippen LogP contribution in [0.5, 0.6) is 11.5 Å². The van der Waals surface area contributed by atoms with Crippen LogP contribution in [0.1, 0.15) is 22.3 Å². The number of pyridine rings is 2. The lowest BCUT2D eigenvalue weighted by Crippen LogP contribution is -2.32. The molecule has 13 rings (SSSR count). The number of ether oxygens (including phenoxy) is 1. The predicted molar refractivity (Wildman–Crippen MR) is 253 cm³/mol. The first-order valence-electron chi connectivity index (χ1n) is 21.2. The Labute approximate surface area is 373 Å². The zero-order valence-corrected chi connectivity index (χ0v) is 34.9. The number of para-hydroxylation sites is 3. The Morgan fingerprint density at radius 1 is 0.438 bits per heavy atom. The molecule has 7 aromatic carbocycles. The molecular formula is C56H34N6OS. The van der Waals surface area contributed by atoms with Crippen LogP contribution >= 0.6 is 11.8 Å². The summed E-state index contributed by atoms with van der Waals surface area (Å²) in [6.07, 6.45) is 3.85. The molecule has 0 saturated heterocycles. The molecule has 0 amide bonds. The van der Waals surface area contributed by atoms with E-state index in [1.807, 2.05) is 85.2 Å². The van der Waals surface area contributed by atoms with Gasteiger partial charge in [-0.1, -0.05) is 151 Å². The van der Waals surface area contributed by atoms with Gasteiger partial charge in [0.1, 0.15) is 0 Å². The highest BCUT2D eigenvalue weighted by Crippen LogP contribution is 2.65. The van der Waals surface area contributed by atoms with E-state index in [4.69, 9.17) is 29.7 Å². The Morgan fingerprint density at radius 2 is 1.06 bits per heavy atom. The van der Waals surface area contributed by atoms with Crippen molar-refractivity contribution >= 4 is 28.8 Å². The van der Waals surface area contributed by atoms with Crippen molar-refractivity contribution in [2.75, 3.05) is 4.90 Å². The summed E-state index contributed by atoms with van der Waals surface area (Å²) in [6.45, 7) is 0. The predicted octanol–water partition coefficient (Wildman–Crippen LogP) is 13.7. The van der Waals surface area contributed by atoms with Gasteiger partial charge in [-0.05, 0) is 76.9 Å². The van der Waals surface area contributed by atoms with Crippen LogP contribution in [-0.2, 0) is 5.41 Å². The average Bonchev–Trinajstić information content (AvgIpc) is 3.66. The van der Waals surface area contributed by atoms with E-state index in [0.29, 0.717) is 17.5 Å². The summed E-state index contributed by atoms with van der Waals surface area (Å²) in [5.74, 6) is 3.48. The van der Waals surface area contributed by atoms with Gasteiger partial charge >= 0.3 is 0 Å². The molecule has 0 saturated carbocycles. The van der Waals surface area contributed by atoms with Gasteiger partial charge in [0.05, 0.1) is 33.1 Å². The summed E-state index contributed by atoms with van der Waals surface area (Å²) in [4.78, 5) is 29.9. The van der Waals surface area contributed by atoms with Crippen molar-refractivity contribution in [3.63, 3.8) is 0 Å². The number of hydrogen-bond acceptors (Lipinski definition) is 8. The second-order valence-corrected chi connectivity index (χ2v) is 17.1. The quantitative estimate of drug-likeness (QED) is 0.170. The van der Waals surface area contributed by atoms with E-state index < -0.39 is 5.41 Å². The lowest BCUT2D eigenvalue weighted by atomic mass is 9.67. The Bertz CT molecular complexity index is 3420. The third-order valence-corrected chi connectivity index (χ3v) is 13.6. The number of aromatic nitrogens is 5. The van der Waals surface area contributed by atoms with Crippen molar-refractivity contribution in [2.45, 2.75) is 15.2 Å². The molecule has 1 unspecified atom stereocenters. The van der Waals surface area contributed by atoms with Crippen molar-refractivity contribution in [1.29, 1.82) is 0 Å². The van der Waals surface area contributed by atoms with Crippen LogP contribution in [0, 0.1) is 0 Å². The number of anilines is 3. The summed E-state index contributed by atoms with van der Waals surface area (Å²) in [7, 11) is 0. The van der Waals surface area contributed by atoms with Crippen LogP contribution in [0.25, 0.3) is 56.7 Å². The summed E-state index contributed by atoms with van der Waals surface area (Å²) in [5, 5.41) is 0. The molecule has 0 fully saturated rings. The maximum Gasteiger partial charge on any atom is 0.165 e. The van der Waals surface area contributed by atoms with Gasteiger partial charge in [0, 0.05) is 50.8 Å². The molecule has 0 radical (unpaired) electrons. The fraction of sp³-hybridized carbons (Fsp3) is 0.0179. The van der Waals surface area contributed by atoms with Gasteiger partial charge in [-0.25, -0.2) is 15.0 Å². The van der Waals surface area contributed by atoms with Gasteiger partial charge in [0.25, 0.3) is 0 Å². The minimum Gasteiger partial charge on any atom is -0.452 e. The summed E-state index contributed by atoms with van der Waals surface area (Å²) in [5.41, 5.74) is 13.3. The van der Waals surface area contributed by atoms with Gasteiger partial charge < -0.3 is 9.64 Å². The summed E-state index contributed by atoms with van der Waals surface area (Å²) in [6, 6.07) is 67.3. The molecule has 0 bridgehead atoms. The minimum atomic E-state index is -0.743. The molecule has 1 atom stereocenters. The largest absolute Gasteiger partial charge is 0.452 e. The molecule has 300 valence electrons. The SMILES string of the molecule is c1ccc(-c2nc(-c3ccccc3)nc(-c3cccc(-c4cnc5c(c4)C4(c6ccccc6Sc6c4ccc4c6Oc6ccccc6N4c4ccccc4)c4cccnc4-5)c3)n2)cc1. The zero-order valence-electron chi connectivity index (χ0n) is 34.1. The van der Waals surface area contributed by atoms with E-state index >= 15 is 0 Å². The molecule has 1 aliphatic carbocycles. The van der Waals surface area contributed by atoms with Crippen LogP contribution in [0.2, 0.25) is 0 Å². The van der Waals surface area contributed by atoms with Crippen molar-refractivity contribution in [1.82, 2.24) is 24.9 Å². The van der Waals surface area contributed by atoms with E-state index in [9.17, 15) is 0 Å². The standard InChI is InChI=1S/C56H34N6OS/c1-4-16-35(17-5-1)53-59-54(36-18-6-2-7-19-36)61-55(60-53)38-21-14-20-37(32-38)39-33-44-50(58-34-39)49-42(25-15-31-57-49)56(44)41-24-10-13-28-48(41)64-52-43(56)29-30-46-51(52)63-47-27-12-11-26-45(47)62(46)40-22-8-3-9-23-40/h1-34H. The Balaban J connectivity index is 1.01. The van der Waals surface area contributed by atoms with Crippen molar-refractivity contribution in [3.05, 3.63) is 229 Å². The fourth-order valence-electron chi connectivity index (χ4n) is 9.66. The van der Waals surface area contributed by atoms with Crippen LogP contribution in [-0.4, -0.2) is 24.9 Å². The van der Waals surface area contributed by atoms with E-state index in [2.05, 4.69) is 126 Å². The highest BCUT2D eigenvalue weighted by Gasteiger charge is 2.53. The van der Waals surface area contributed by atoms with Crippen LogP contribution < -0.4 is 9.64 Å². The Hall–Kier alpha value is -8.20. The molecule has 10 aromatic rings. The normalized spacial score (nSPS) is 15.0. The highest BCUT2D eigenvalue weighted by atomic mass is 32.2. The second kappa shape index (κ2) is 14.4. The highest BCUT2D eigenvalue weighted by molar-refractivity contribution is 7.99. The summed E-state index contributed by atoms with van der Waals surface area (Å²) >= 11 is 1.77. The lowest BCUT2D eigenvalue weighted by Gasteiger charge is -2.41. The van der Waals surface area contributed by atoms with E-state index in [1.165, 1.54) is 5.56 Å². The van der Waals surface area contributed by atoms with Crippen molar-refractivity contribution < 1.29 is 4.74 Å². The van der Waals surface area contributed by atoms with Gasteiger partial charge in [-0.2, -0.15) is 0 Å². The van der Waals surface area contributed by atoms with Crippen molar-refractivity contribution in [2.24, 2.45) is 0 Å². The smallest absolute Gasteiger partial charge is 0.165 e.